The van der Waals surface area contributed by atoms with Gasteiger partial charge in [0.2, 0.25) is 0 Å². The van der Waals surface area contributed by atoms with Gasteiger partial charge in [-0.2, -0.15) is 0 Å². The summed E-state index contributed by atoms with van der Waals surface area (Å²) in [6.45, 7) is 1.55. The van der Waals surface area contributed by atoms with Crippen molar-refractivity contribution in [2.24, 2.45) is 0 Å². The van der Waals surface area contributed by atoms with Crippen LogP contribution in [0.3, 0.4) is 0 Å². The first-order valence-electron chi connectivity index (χ1n) is 14.1. The fraction of sp³-hybridized carbons (Fsp3) is 0.0882. The third kappa shape index (κ3) is 6.09. The number of amides is 3. The van der Waals surface area contributed by atoms with Gasteiger partial charge in [-0.15, -0.1) is 0 Å². The second-order valence-electron chi connectivity index (χ2n) is 10.6. The molecule has 2 aromatic heterocycles. The standard InChI is InChI=1S/C34H26F2N6O4/c1-19-7-10-24(34(46)42(19)17-20-8-11-27(35)28(36)13-20)31(43)41-30(21-5-3-2-4-6-21)33(45)39-22-9-12-29-25(14-22)26(32(44)40-29)15-23-16-37-18-38-23/h2-16,18,30H,17H2,1H3,(H,37,38)(H,39,45)(H,40,44)(H,41,43)/b26-15-/t30-/m1/s1. The van der Waals surface area contributed by atoms with Crippen LogP contribution in [0.1, 0.15) is 44.5 Å². The molecule has 0 radical (unpaired) electrons. The normalized spacial score (nSPS) is 13.6. The minimum Gasteiger partial charge on any atom is -0.345 e. The number of aromatic amines is 1. The molecule has 0 bridgehead atoms. The number of H-pyrrole nitrogens is 1. The number of rotatable bonds is 8. The van der Waals surface area contributed by atoms with E-state index in [0.717, 1.165) is 12.1 Å². The zero-order valence-electron chi connectivity index (χ0n) is 24.3. The Morgan fingerprint density at radius 1 is 0.978 bits per heavy atom. The molecule has 3 heterocycles. The summed E-state index contributed by atoms with van der Waals surface area (Å²) in [5.74, 6) is -3.77. The third-order valence-electron chi connectivity index (χ3n) is 7.52. The SMILES string of the molecule is Cc1ccc(C(=O)N[C@@H](C(=O)Nc2ccc3c(c2)/C(=C/c2cnc[nH]2)C(=O)N3)c2ccccc2)c(=O)n1Cc1ccc(F)c(F)c1. The molecule has 6 rings (SSSR count). The van der Waals surface area contributed by atoms with Gasteiger partial charge in [0.05, 0.1) is 30.3 Å². The number of anilines is 2. The monoisotopic (exact) mass is 620 g/mol. The van der Waals surface area contributed by atoms with E-state index >= 15 is 0 Å². The number of nitrogens with zero attached hydrogens (tertiary/aromatic N) is 2. The number of halogens is 2. The quantitative estimate of drug-likeness (QED) is 0.185. The van der Waals surface area contributed by atoms with Crippen LogP contribution in [0.2, 0.25) is 0 Å². The summed E-state index contributed by atoms with van der Waals surface area (Å²) in [5.41, 5.74) is 2.89. The van der Waals surface area contributed by atoms with Crippen LogP contribution < -0.4 is 21.5 Å². The first-order valence-corrected chi connectivity index (χ1v) is 14.1. The van der Waals surface area contributed by atoms with Crippen LogP contribution in [0.4, 0.5) is 20.2 Å². The van der Waals surface area contributed by atoms with Crippen LogP contribution in [-0.4, -0.2) is 32.3 Å². The average Bonchev–Trinajstić information content (AvgIpc) is 3.67. The van der Waals surface area contributed by atoms with Crippen LogP contribution in [0, 0.1) is 18.6 Å². The van der Waals surface area contributed by atoms with Crippen molar-refractivity contribution < 1.29 is 23.2 Å². The number of pyridine rings is 1. The van der Waals surface area contributed by atoms with Crippen molar-refractivity contribution in [1.29, 1.82) is 0 Å². The number of carbonyl (C=O) groups is 3. The highest BCUT2D eigenvalue weighted by Gasteiger charge is 2.28. The minimum absolute atomic E-state index is 0.0991. The molecule has 4 N–H and O–H groups in total. The Morgan fingerprint density at radius 3 is 2.52 bits per heavy atom. The lowest BCUT2D eigenvalue weighted by atomic mass is 10.0. The molecule has 0 saturated heterocycles. The molecule has 1 aliphatic rings. The number of fused-ring (bicyclic) bond motifs is 1. The number of nitrogens with one attached hydrogen (secondary N) is 4. The first-order chi connectivity index (χ1) is 22.2. The van der Waals surface area contributed by atoms with Gasteiger partial charge in [0, 0.05) is 22.6 Å². The minimum atomic E-state index is -1.21. The molecule has 0 unspecified atom stereocenters. The van der Waals surface area contributed by atoms with Gasteiger partial charge in [0.1, 0.15) is 11.6 Å². The third-order valence-corrected chi connectivity index (χ3v) is 7.52. The molecule has 0 saturated carbocycles. The van der Waals surface area contributed by atoms with Gasteiger partial charge in [-0.05, 0) is 66.6 Å². The summed E-state index contributed by atoms with van der Waals surface area (Å²) in [4.78, 5) is 60.2. The van der Waals surface area contributed by atoms with E-state index in [1.165, 1.54) is 23.0 Å². The summed E-state index contributed by atoms with van der Waals surface area (Å²) < 4.78 is 28.5. The molecule has 46 heavy (non-hydrogen) atoms. The van der Waals surface area contributed by atoms with E-state index in [1.807, 2.05) is 0 Å². The van der Waals surface area contributed by atoms with E-state index in [2.05, 4.69) is 25.9 Å². The van der Waals surface area contributed by atoms with Crippen molar-refractivity contribution in [3.63, 3.8) is 0 Å². The Hall–Kier alpha value is -6.17. The van der Waals surface area contributed by atoms with Gasteiger partial charge < -0.3 is 25.5 Å². The van der Waals surface area contributed by atoms with Crippen LogP contribution in [0.25, 0.3) is 11.6 Å². The fourth-order valence-corrected chi connectivity index (χ4v) is 5.14. The van der Waals surface area contributed by atoms with Crippen molar-refractivity contribution >= 4 is 40.7 Å². The molecule has 10 nitrogen and oxygen atoms in total. The number of aryl methyl sites for hydroxylation is 1. The van der Waals surface area contributed by atoms with Crippen LogP contribution in [0.5, 0.6) is 0 Å². The Balaban J connectivity index is 1.27. The maximum Gasteiger partial charge on any atom is 0.263 e. The van der Waals surface area contributed by atoms with Crippen LogP contribution >= 0.6 is 0 Å². The Morgan fingerprint density at radius 2 is 1.78 bits per heavy atom. The van der Waals surface area contributed by atoms with E-state index in [0.29, 0.717) is 45.0 Å². The lowest BCUT2D eigenvalue weighted by molar-refractivity contribution is -0.118. The lowest BCUT2D eigenvalue weighted by Gasteiger charge is -2.20. The number of benzene rings is 3. The van der Waals surface area contributed by atoms with E-state index in [4.69, 9.17) is 0 Å². The van der Waals surface area contributed by atoms with Crippen molar-refractivity contribution in [1.82, 2.24) is 19.9 Å². The molecule has 3 amide bonds. The molecule has 230 valence electrons. The molecule has 5 aromatic rings. The summed E-state index contributed by atoms with van der Waals surface area (Å²) >= 11 is 0. The van der Waals surface area contributed by atoms with Crippen molar-refractivity contribution in [2.45, 2.75) is 19.5 Å². The largest absolute Gasteiger partial charge is 0.345 e. The molecule has 3 aromatic carbocycles. The zero-order valence-corrected chi connectivity index (χ0v) is 24.3. The molecular formula is C34H26F2N6O4. The predicted molar refractivity (Wildman–Crippen MR) is 168 cm³/mol. The van der Waals surface area contributed by atoms with E-state index in [1.54, 1.807) is 73.8 Å². The maximum atomic E-state index is 13.8. The summed E-state index contributed by atoms with van der Waals surface area (Å²) in [6.07, 6.45) is 4.71. The number of hydrogen-bond donors (Lipinski definition) is 4. The lowest BCUT2D eigenvalue weighted by Crippen LogP contribution is -2.40. The van der Waals surface area contributed by atoms with E-state index in [-0.39, 0.29) is 18.0 Å². The van der Waals surface area contributed by atoms with Gasteiger partial charge in [-0.3, -0.25) is 19.2 Å². The predicted octanol–water partition coefficient (Wildman–Crippen LogP) is 4.81. The molecular weight excluding hydrogens is 594 g/mol. The highest BCUT2D eigenvalue weighted by Crippen LogP contribution is 2.35. The number of imidazole rings is 1. The molecule has 12 heteroatoms. The summed E-state index contributed by atoms with van der Waals surface area (Å²) in [7, 11) is 0. The Labute approximate surface area is 260 Å². The number of carbonyl (C=O) groups excluding carboxylic acids is 3. The molecule has 1 aliphatic heterocycles. The van der Waals surface area contributed by atoms with Gasteiger partial charge in [0.25, 0.3) is 23.3 Å². The van der Waals surface area contributed by atoms with Crippen LogP contribution in [0.15, 0.2) is 96.2 Å². The second kappa shape index (κ2) is 12.4. The molecule has 0 fully saturated rings. The summed E-state index contributed by atoms with van der Waals surface area (Å²) in [6, 6.07) is 18.5. The molecule has 0 aliphatic carbocycles. The van der Waals surface area contributed by atoms with Gasteiger partial charge in [0.15, 0.2) is 11.6 Å². The van der Waals surface area contributed by atoms with E-state index in [9.17, 15) is 28.0 Å². The van der Waals surface area contributed by atoms with Crippen molar-refractivity contribution in [3.8, 4) is 0 Å². The first kappa shape index (κ1) is 29.9. The zero-order chi connectivity index (χ0) is 32.4. The maximum absolute atomic E-state index is 13.8. The van der Waals surface area contributed by atoms with Gasteiger partial charge in [-0.1, -0.05) is 36.4 Å². The van der Waals surface area contributed by atoms with Crippen molar-refractivity contribution in [2.75, 3.05) is 10.6 Å². The summed E-state index contributed by atoms with van der Waals surface area (Å²) in [5, 5.41) is 8.27. The Bertz CT molecular complexity index is 2070. The van der Waals surface area contributed by atoms with Crippen molar-refractivity contribution in [3.05, 3.63) is 147 Å². The number of hydrogen-bond acceptors (Lipinski definition) is 5. The van der Waals surface area contributed by atoms with Crippen LogP contribution in [-0.2, 0) is 16.1 Å². The van der Waals surface area contributed by atoms with Gasteiger partial charge in [-0.25, -0.2) is 13.8 Å². The Kier molecular flexibility index (Phi) is 8.08. The topological polar surface area (TPSA) is 138 Å². The fourth-order valence-electron chi connectivity index (χ4n) is 5.14. The smallest absolute Gasteiger partial charge is 0.263 e. The highest BCUT2D eigenvalue weighted by atomic mass is 19.2. The molecule has 0 spiro atoms. The molecule has 1 atom stereocenters. The highest BCUT2D eigenvalue weighted by molar-refractivity contribution is 6.35. The van der Waals surface area contributed by atoms with Gasteiger partial charge >= 0.3 is 0 Å². The average molecular weight is 621 g/mol. The van der Waals surface area contributed by atoms with E-state index < -0.39 is 35.0 Å². The second-order valence-corrected chi connectivity index (χ2v) is 10.6. The number of aromatic nitrogens is 3.